The Bertz CT molecular complexity index is 1310. The van der Waals surface area contributed by atoms with Gasteiger partial charge in [-0.05, 0) is 18.2 Å². The summed E-state index contributed by atoms with van der Waals surface area (Å²) in [4.78, 5) is 32.8. The number of aromatic nitrogens is 5. The summed E-state index contributed by atoms with van der Waals surface area (Å²) in [5, 5.41) is 0.527. The van der Waals surface area contributed by atoms with E-state index in [2.05, 4.69) is 9.97 Å². The molecule has 0 atom stereocenters. The molecule has 0 saturated carbocycles. The van der Waals surface area contributed by atoms with Crippen LogP contribution in [0.25, 0.3) is 21.4 Å². The molecule has 4 rings (SSSR count). The van der Waals surface area contributed by atoms with Crippen LogP contribution in [0.3, 0.4) is 0 Å². The third-order valence-electron chi connectivity index (χ3n) is 4.28. The molecular formula is C16H12F3N5O2S. The van der Waals surface area contributed by atoms with Crippen LogP contribution in [0.1, 0.15) is 10.6 Å². The maximum absolute atomic E-state index is 12.9. The van der Waals surface area contributed by atoms with E-state index in [4.69, 9.17) is 0 Å². The van der Waals surface area contributed by atoms with Gasteiger partial charge >= 0.3 is 11.9 Å². The normalized spacial score (nSPS) is 12.3. The monoisotopic (exact) mass is 395 g/mol. The van der Waals surface area contributed by atoms with Gasteiger partial charge in [0.1, 0.15) is 5.01 Å². The topological polar surface area (TPSA) is 74.7 Å². The van der Waals surface area contributed by atoms with Crippen LogP contribution in [0.5, 0.6) is 0 Å². The highest BCUT2D eigenvalue weighted by Crippen LogP contribution is 2.33. The highest BCUT2D eigenvalue weighted by atomic mass is 32.1. The molecule has 3 heterocycles. The van der Waals surface area contributed by atoms with E-state index >= 15 is 0 Å². The van der Waals surface area contributed by atoms with Crippen molar-refractivity contribution < 1.29 is 13.2 Å². The molecule has 0 amide bonds. The third kappa shape index (κ3) is 2.74. The van der Waals surface area contributed by atoms with Crippen molar-refractivity contribution in [2.24, 2.45) is 14.1 Å². The molecule has 0 spiro atoms. The van der Waals surface area contributed by atoms with Gasteiger partial charge in [-0.3, -0.25) is 13.9 Å². The second-order valence-corrected chi connectivity index (χ2v) is 7.15. The van der Waals surface area contributed by atoms with Crippen molar-refractivity contribution >= 4 is 32.7 Å². The number of hydrogen-bond donors (Lipinski definition) is 0. The number of hydrogen-bond acceptors (Lipinski definition) is 5. The van der Waals surface area contributed by atoms with E-state index in [1.807, 2.05) is 0 Å². The maximum Gasteiger partial charge on any atom is 0.416 e. The molecule has 0 N–H and O–H groups in total. The molecule has 0 fully saturated rings. The van der Waals surface area contributed by atoms with Crippen LogP contribution in [-0.2, 0) is 26.8 Å². The van der Waals surface area contributed by atoms with Gasteiger partial charge in [-0.1, -0.05) is 0 Å². The number of aryl methyl sites for hydroxylation is 1. The highest BCUT2D eigenvalue weighted by molar-refractivity contribution is 7.18. The summed E-state index contributed by atoms with van der Waals surface area (Å²) in [5.74, 6) is 0. The van der Waals surface area contributed by atoms with Crippen molar-refractivity contribution in [3.63, 3.8) is 0 Å². The fourth-order valence-electron chi connectivity index (χ4n) is 2.88. The van der Waals surface area contributed by atoms with Gasteiger partial charge in [0, 0.05) is 14.1 Å². The zero-order valence-corrected chi connectivity index (χ0v) is 14.9. The second kappa shape index (κ2) is 5.78. The fourth-order valence-corrected chi connectivity index (χ4v) is 3.83. The van der Waals surface area contributed by atoms with E-state index in [-0.39, 0.29) is 23.2 Å². The molecule has 11 heteroatoms. The number of imidazole rings is 1. The Labute approximate surface area is 152 Å². The zero-order valence-electron chi connectivity index (χ0n) is 14.1. The highest BCUT2D eigenvalue weighted by Gasteiger charge is 2.30. The lowest BCUT2D eigenvalue weighted by Crippen LogP contribution is -2.37. The van der Waals surface area contributed by atoms with Crippen LogP contribution in [0, 0.1) is 0 Å². The summed E-state index contributed by atoms with van der Waals surface area (Å²) in [5.41, 5.74) is -1.03. The molecule has 0 unspecified atom stereocenters. The smallest absolute Gasteiger partial charge is 0.318 e. The van der Waals surface area contributed by atoms with Crippen molar-refractivity contribution in [1.82, 2.24) is 23.7 Å². The van der Waals surface area contributed by atoms with Crippen molar-refractivity contribution in [3.8, 4) is 0 Å². The number of thiazole rings is 1. The molecule has 0 aliphatic heterocycles. The van der Waals surface area contributed by atoms with Crippen LogP contribution in [0.4, 0.5) is 13.2 Å². The summed E-state index contributed by atoms with van der Waals surface area (Å²) in [6.07, 6.45) is -3.02. The Balaban J connectivity index is 1.81. The Morgan fingerprint density at radius 1 is 1.15 bits per heavy atom. The summed E-state index contributed by atoms with van der Waals surface area (Å²) in [6, 6.07) is 3.40. The molecular weight excluding hydrogens is 383 g/mol. The number of alkyl halides is 3. The number of fused-ring (bicyclic) bond motifs is 2. The number of nitrogens with zero attached hydrogens (tertiary/aromatic N) is 5. The predicted molar refractivity (Wildman–Crippen MR) is 93.9 cm³/mol. The Morgan fingerprint density at radius 3 is 2.59 bits per heavy atom. The minimum absolute atomic E-state index is 0.157. The van der Waals surface area contributed by atoms with Crippen LogP contribution < -0.4 is 11.2 Å². The van der Waals surface area contributed by atoms with E-state index in [1.165, 1.54) is 42.4 Å². The lowest BCUT2D eigenvalue weighted by molar-refractivity contribution is -0.137. The molecule has 0 saturated heterocycles. The summed E-state index contributed by atoms with van der Waals surface area (Å²) >= 11 is 1.24. The van der Waals surface area contributed by atoms with Crippen LogP contribution in [0.2, 0.25) is 0 Å². The zero-order chi connectivity index (χ0) is 19.5. The molecule has 0 bridgehead atoms. The minimum Gasteiger partial charge on any atom is -0.318 e. The third-order valence-corrected chi connectivity index (χ3v) is 5.30. The quantitative estimate of drug-likeness (QED) is 0.521. The number of rotatable bonds is 2. The van der Waals surface area contributed by atoms with Crippen molar-refractivity contribution in [3.05, 3.63) is 55.9 Å². The first-order valence-corrected chi connectivity index (χ1v) is 8.56. The van der Waals surface area contributed by atoms with Crippen LogP contribution >= 0.6 is 11.3 Å². The minimum atomic E-state index is -4.44. The van der Waals surface area contributed by atoms with Crippen molar-refractivity contribution in [2.45, 2.75) is 12.7 Å². The lowest BCUT2D eigenvalue weighted by atomic mass is 10.2. The first-order valence-electron chi connectivity index (χ1n) is 7.74. The maximum atomic E-state index is 12.9. The van der Waals surface area contributed by atoms with Crippen LogP contribution in [-0.4, -0.2) is 23.7 Å². The van der Waals surface area contributed by atoms with Gasteiger partial charge in [0.05, 0.1) is 28.7 Å². The predicted octanol–water partition coefficient (Wildman–Crippen LogP) is 2.11. The molecule has 1 aromatic carbocycles. The summed E-state index contributed by atoms with van der Waals surface area (Å²) in [6.45, 7) is 0.157. The van der Waals surface area contributed by atoms with Crippen molar-refractivity contribution in [1.29, 1.82) is 0 Å². The molecule has 140 valence electrons. The van der Waals surface area contributed by atoms with Crippen molar-refractivity contribution in [2.75, 3.05) is 0 Å². The molecule has 3 aromatic heterocycles. The van der Waals surface area contributed by atoms with Gasteiger partial charge in [-0.2, -0.15) is 13.2 Å². The second-order valence-electron chi connectivity index (χ2n) is 6.04. The average Bonchev–Trinajstić information content (AvgIpc) is 3.20. The molecule has 0 radical (unpaired) electrons. The van der Waals surface area contributed by atoms with Crippen LogP contribution in [0.15, 0.2) is 34.1 Å². The van der Waals surface area contributed by atoms with E-state index in [9.17, 15) is 22.8 Å². The van der Waals surface area contributed by atoms with E-state index in [0.29, 0.717) is 9.71 Å². The van der Waals surface area contributed by atoms with Gasteiger partial charge in [-0.15, -0.1) is 11.3 Å². The van der Waals surface area contributed by atoms with Gasteiger partial charge < -0.3 is 4.57 Å². The summed E-state index contributed by atoms with van der Waals surface area (Å²) in [7, 11) is 2.88. The Hall–Kier alpha value is -2.95. The van der Waals surface area contributed by atoms with Gasteiger partial charge in [0.25, 0.3) is 5.56 Å². The van der Waals surface area contributed by atoms with E-state index < -0.39 is 23.0 Å². The Morgan fingerprint density at radius 2 is 1.89 bits per heavy atom. The van der Waals surface area contributed by atoms with Gasteiger partial charge in [0.15, 0.2) is 11.2 Å². The average molecular weight is 395 g/mol. The van der Waals surface area contributed by atoms with E-state index in [0.717, 1.165) is 16.7 Å². The molecule has 7 nitrogen and oxygen atoms in total. The standard InChI is InChI=1S/C16H12F3N5O2S/c1-22-13-12(14(25)23(2)15(22)26)24(7-20-13)6-11-21-9-5-8(16(17,18)19)3-4-10(9)27-11/h3-5,7H,6H2,1-2H3. The largest absolute Gasteiger partial charge is 0.416 e. The van der Waals surface area contributed by atoms with Gasteiger partial charge in [0.2, 0.25) is 0 Å². The lowest BCUT2D eigenvalue weighted by Gasteiger charge is -2.05. The molecule has 4 aromatic rings. The number of halogens is 3. The first kappa shape index (κ1) is 17.5. The Kier molecular flexibility index (Phi) is 3.74. The fraction of sp³-hybridized carbons (Fsp3) is 0.250. The molecule has 0 aliphatic rings. The van der Waals surface area contributed by atoms with E-state index in [1.54, 1.807) is 4.57 Å². The number of benzene rings is 1. The summed E-state index contributed by atoms with van der Waals surface area (Å²) < 4.78 is 43.0. The molecule has 0 aliphatic carbocycles. The SMILES string of the molecule is Cn1c(=O)c2c(ncn2Cc2nc3cc(C(F)(F)F)ccc3s2)n(C)c1=O. The molecule has 27 heavy (non-hydrogen) atoms. The van der Waals surface area contributed by atoms with Gasteiger partial charge in [-0.25, -0.2) is 14.8 Å². The first-order chi connectivity index (χ1) is 12.7.